The van der Waals surface area contributed by atoms with Crippen LogP contribution in [0.3, 0.4) is 0 Å². The molecule has 3 rings (SSSR count). The van der Waals surface area contributed by atoms with Crippen molar-refractivity contribution in [1.82, 2.24) is 19.6 Å². The monoisotopic (exact) mass is 370 g/mol. The summed E-state index contributed by atoms with van der Waals surface area (Å²) in [5.41, 5.74) is 2.38. The van der Waals surface area contributed by atoms with Crippen molar-refractivity contribution < 1.29 is 14.7 Å². The number of benzene rings is 1. The third kappa shape index (κ3) is 4.36. The molecule has 0 spiro atoms. The maximum absolute atomic E-state index is 13.0. The third-order valence-corrected chi connectivity index (χ3v) is 5.23. The van der Waals surface area contributed by atoms with Crippen molar-refractivity contribution in [3.8, 4) is 5.69 Å². The van der Waals surface area contributed by atoms with Crippen LogP contribution in [0.4, 0.5) is 0 Å². The number of carbonyl (C=O) groups is 2. The van der Waals surface area contributed by atoms with Crippen molar-refractivity contribution >= 4 is 11.9 Å². The van der Waals surface area contributed by atoms with Gasteiger partial charge in [-0.2, -0.15) is 5.10 Å². The van der Waals surface area contributed by atoms with Gasteiger partial charge in [0.15, 0.2) is 0 Å². The number of carbonyl (C=O) groups excluding carboxylic acids is 1. The fourth-order valence-electron chi connectivity index (χ4n) is 3.68. The summed E-state index contributed by atoms with van der Waals surface area (Å²) in [6.45, 7) is 3.26. The number of hydrogen-bond acceptors (Lipinski definition) is 4. The second kappa shape index (κ2) is 8.35. The van der Waals surface area contributed by atoms with Gasteiger partial charge in [-0.3, -0.25) is 14.5 Å². The molecule has 7 nitrogen and oxygen atoms in total. The number of hydrogen-bond donors (Lipinski definition) is 1. The minimum atomic E-state index is -0.821. The number of aromatic nitrogens is 2. The van der Waals surface area contributed by atoms with Crippen LogP contribution >= 0.6 is 0 Å². The molecule has 1 aromatic heterocycles. The number of likely N-dealkylation sites (tertiary alicyclic amines) is 1. The fourth-order valence-corrected chi connectivity index (χ4v) is 3.68. The van der Waals surface area contributed by atoms with Gasteiger partial charge in [0.1, 0.15) is 0 Å². The van der Waals surface area contributed by atoms with Crippen LogP contribution in [0.5, 0.6) is 0 Å². The summed E-state index contributed by atoms with van der Waals surface area (Å²) in [4.78, 5) is 27.7. The van der Waals surface area contributed by atoms with E-state index in [0.29, 0.717) is 18.7 Å². The molecule has 27 heavy (non-hydrogen) atoms. The Morgan fingerprint density at radius 1 is 1.22 bits per heavy atom. The number of amides is 1. The summed E-state index contributed by atoms with van der Waals surface area (Å²) in [5, 5.41) is 13.4. The van der Waals surface area contributed by atoms with E-state index in [9.17, 15) is 9.59 Å². The molecule has 0 saturated carbocycles. The average Bonchev–Trinajstić information content (AvgIpc) is 2.87. The molecule has 0 bridgehead atoms. The van der Waals surface area contributed by atoms with E-state index in [4.69, 9.17) is 5.11 Å². The summed E-state index contributed by atoms with van der Waals surface area (Å²) >= 11 is 0. The summed E-state index contributed by atoms with van der Waals surface area (Å²) in [5.74, 6) is -0.824. The van der Waals surface area contributed by atoms with Crippen molar-refractivity contribution in [3.05, 3.63) is 47.8 Å². The average molecular weight is 370 g/mol. The van der Waals surface area contributed by atoms with E-state index in [1.54, 1.807) is 10.9 Å². The highest BCUT2D eigenvalue weighted by Crippen LogP contribution is 2.20. The van der Waals surface area contributed by atoms with Crippen LogP contribution in [0.1, 0.15) is 35.3 Å². The molecule has 1 atom stereocenters. The maximum atomic E-state index is 13.0. The zero-order valence-electron chi connectivity index (χ0n) is 15.8. The molecule has 7 heteroatoms. The lowest BCUT2D eigenvalue weighted by atomic mass is 10.1. The van der Waals surface area contributed by atoms with Crippen LogP contribution in [0.15, 0.2) is 36.5 Å². The first-order valence-corrected chi connectivity index (χ1v) is 9.28. The molecule has 0 radical (unpaired) electrons. The van der Waals surface area contributed by atoms with Gasteiger partial charge in [0, 0.05) is 19.1 Å². The fraction of sp³-hybridized carbons (Fsp3) is 0.450. The molecule has 1 aliphatic rings. The smallest absolute Gasteiger partial charge is 0.317 e. The van der Waals surface area contributed by atoms with Crippen molar-refractivity contribution in [2.75, 3.05) is 26.7 Å². The van der Waals surface area contributed by atoms with Crippen LogP contribution in [-0.4, -0.2) is 69.3 Å². The van der Waals surface area contributed by atoms with Gasteiger partial charge < -0.3 is 10.0 Å². The number of carboxylic acid groups (broad SMARTS) is 1. The molecule has 144 valence electrons. The van der Waals surface area contributed by atoms with Crippen molar-refractivity contribution in [2.24, 2.45) is 0 Å². The first kappa shape index (κ1) is 19.1. The lowest BCUT2D eigenvalue weighted by Gasteiger charge is -2.25. The Morgan fingerprint density at radius 3 is 2.67 bits per heavy atom. The molecule has 2 aromatic rings. The third-order valence-electron chi connectivity index (χ3n) is 5.23. The van der Waals surface area contributed by atoms with Crippen LogP contribution < -0.4 is 0 Å². The summed E-state index contributed by atoms with van der Waals surface area (Å²) in [6, 6.07) is 9.95. The number of para-hydroxylation sites is 1. The Balaban J connectivity index is 1.70. The van der Waals surface area contributed by atoms with Crippen molar-refractivity contribution in [3.63, 3.8) is 0 Å². The van der Waals surface area contributed by atoms with Crippen molar-refractivity contribution in [1.29, 1.82) is 0 Å². The second-order valence-corrected chi connectivity index (χ2v) is 7.08. The van der Waals surface area contributed by atoms with Gasteiger partial charge in [-0.1, -0.05) is 18.2 Å². The quantitative estimate of drug-likeness (QED) is 0.873. The Kier molecular flexibility index (Phi) is 5.91. The molecule has 1 amide bonds. The SMILES string of the molecule is Cc1c(C(=O)N2CCCC(N(C)CC(=O)O)CC2)cnn1-c1ccccc1. The van der Waals surface area contributed by atoms with Crippen LogP contribution in [0.25, 0.3) is 5.69 Å². The van der Waals surface area contributed by atoms with Gasteiger partial charge in [-0.25, -0.2) is 4.68 Å². The van der Waals surface area contributed by atoms with E-state index in [1.165, 1.54) is 0 Å². The van der Waals surface area contributed by atoms with E-state index >= 15 is 0 Å². The molecule has 1 unspecified atom stereocenters. The van der Waals surface area contributed by atoms with E-state index < -0.39 is 5.97 Å². The van der Waals surface area contributed by atoms with Crippen molar-refractivity contribution in [2.45, 2.75) is 32.2 Å². The summed E-state index contributed by atoms with van der Waals surface area (Å²) in [6.07, 6.45) is 4.19. The van der Waals surface area contributed by atoms with E-state index in [1.807, 2.05) is 54.1 Å². The molecular weight excluding hydrogens is 344 g/mol. The highest BCUT2D eigenvalue weighted by molar-refractivity contribution is 5.95. The minimum absolute atomic E-state index is 0.00350. The normalized spacial score (nSPS) is 17.7. The number of nitrogens with zero attached hydrogens (tertiary/aromatic N) is 4. The van der Waals surface area contributed by atoms with Gasteiger partial charge >= 0.3 is 5.97 Å². The van der Waals surface area contributed by atoms with Gasteiger partial charge in [-0.05, 0) is 45.4 Å². The van der Waals surface area contributed by atoms with E-state index in [0.717, 1.165) is 30.6 Å². The first-order chi connectivity index (χ1) is 13.0. The highest BCUT2D eigenvalue weighted by atomic mass is 16.4. The summed E-state index contributed by atoms with van der Waals surface area (Å²) in [7, 11) is 1.84. The number of aliphatic carboxylic acids is 1. The molecule has 1 saturated heterocycles. The second-order valence-electron chi connectivity index (χ2n) is 7.08. The number of rotatable bonds is 5. The van der Waals surface area contributed by atoms with Gasteiger partial charge in [-0.15, -0.1) is 0 Å². The Bertz CT molecular complexity index is 803. The number of likely N-dealkylation sites (N-methyl/N-ethyl adjacent to an activating group) is 1. The Morgan fingerprint density at radius 2 is 1.96 bits per heavy atom. The number of carboxylic acids is 1. The lowest BCUT2D eigenvalue weighted by Crippen LogP contribution is -2.37. The molecule has 1 fully saturated rings. The largest absolute Gasteiger partial charge is 0.480 e. The molecule has 1 N–H and O–H groups in total. The molecule has 2 heterocycles. The zero-order chi connectivity index (χ0) is 19.4. The molecule has 1 aromatic carbocycles. The molecular formula is C20H26N4O3. The van der Waals surface area contributed by atoms with Gasteiger partial charge in [0.25, 0.3) is 5.91 Å². The van der Waals surface area contributed by atoms with E-state index in [-0.39, 0.29) is 18.5 Å². The van der Waals surface area contributed by atoms with Gasteiger partial charge in [0.05, 0.1) is 29.7 Å². The standard InChI is InChI=1S/C20H26N4O3/c1-15-18(13-21-24(15)17-7-4-3-5-8-17)20(27)23-11-6-9-16(10-12-23)22(2)14-19(25)26/h3-5,7-8,13,16H,6,9-12,14H2,1-2H3,(H,25,26). The van der Waals surface area contributed by atoms with Crippen LogP contribution in [0.2, 0.25) is 0 Å². The van der Waals surface area contributed by atoms with Crippen LogP contribution in [-0.2, 0) is 4.79 Å². The van der Waals surface area contributed by atoms with Crippen LogP contribution in [0, 0.1) is 6.92 Å². The summed E-state index contributed by atoms with van der Waals surface area (Å²) < 4.78 is 1.79. The predicted molar refractivity (Wildman–Crippen MR) is 102 cm³/mol. The minimum Gasteiger partial charge on any atom is -0.480 e. The highest BCUT2D eigenvalue weighted by Gasteiger charge is 2.26. The lowest BCUT2D eigenvalue weighted by molar-refractivity contribution is -0.138. The predicted octanol–water partition coefficient (Wildman–Crippen LogP) is 2.19. The Hall–Kier alpha value is -2.67. The maximum Gasteiger partial charge on any atom is 0.317 e. The Labute approximate surface area is 159 Å². The van der Waals surface area contributed by atoms with E-state index in [2.05, 4.69) is 5.10 Å². The van der Waals surface area contributed by atoms with Gasteiger partial charge in [0.2, 0.25) is 0 Å². The topological polar surface area (TPSA) is 78.7 Å². The zero-order valence-corrected chi connectivity index (χ0v) is 15.8. The molecule has 0 aliphatic carbocycles. The molecule has 1 aliphatic heterocycles. The first-order valence-electron chi connectivity index (χ1n) is 9.28.